The van der Waals surface area contributed by atoms with Gasteiger partial charge in [-0.1, -0.05) is 48.0 Å². The van der Waals surface area contributed by atoms with E-state index in [9.17, 15) is 9.59 Å². The second-order valence-electron chi connectivity index (χ2n) is 6.67. The zero-order valence-corrected chi connectivity index (χ0v) is 16.4. The highest BCUT2D eigenvalue weighted by atomic mass is 32.1. The van der Waals surface area contributed by atoms with E-state index in [2.05, 4.69) is 10.3 Å². The Hall–Kier alpha value is -3.25. The normalized spacial score (nSPS) is 10.9. The molecule has 4 aromatic rings. The Kier molecular flexibility index (Phi) is 4.79. The number of benzene rings is 2. The first-order valence-electron chi connectivity index (χ1n) is 8.92. The van der Waals surface area contributed by atoms with Crippen LogP contribution in [0.15, 0.2) is 53.9 Å². The van der Waals surface area contributed by atoms with E-state index in [0.29, 0.717) is 10.7 Å². The van der Waals surface area contributed by atoms with Crippen molar-refractivity contribution in [2.45, 2.75) is 20.4 Å². The van der Waals surface area contributed by atoms with Crippen LogP contribution in [0, 0.1) is 13.8 Å². The van der Waals surface area contributed by atoms with Gasteiger partial charge in [-0.15, -0.1) is 11.3 Å². The van der Waals surface area contributed by atoms with E-state index in [4.69, 9.17) is 0 Å². The fraction of sp³-hybridized carbons (Fsp3) is 0.136. The Morgan fingerprint density at radius 3 is 2.64 bits per heavy atom. The number of carbonyl (C=O) groups is 2. The molecule has 28 heavy (non-hydrogen) atoms. The van der Waals surface area contributed by atoms with Crippen LogP contribution in [0.4, 0.5) is 5.13 Å². The Labute approximate surface area is 166 Å². The van der Waals surface area contributed by atoms with E-state index in [1.54, 1.807) is 0 Å². The number of aryl methyl sites for hydroxylation is 1. The molecule has 0 radical (unpaired) electrons. The van der Waals surface area contributed by atoms with Crippen molar-refractivity contribution in [2.24, 2.45) is 0 Å². The highest BCUT2D eigenvalue weighted by molar-refractivity contribution is 7.14. The van der Waals surface area contributed by atoms with Crippen molar-refractivity contribution in [3.63, 3.8) is 0 Å². The maximum Gasteiger partial charge on any atom is 0.246 e. The van der Waals surface area contributed by atoms with Crippen molar-refractivity contribution in [1.29, 1.82) is 0 Å². The molecule has 0 spiro atoms. The van der Waals surface area contributed by atoms with Crippen molar-refractivity contribution < 1.29 is 9.59 Å². The van der Waals surface area contributed by atoms with Crippen LogP contribution in [0.25, 0.3) is 22.2 Å². The molecule has 6 heteroatoms. The lowest BCUT2D eigenvalue weighted by Gasteiger charge is -2.08. The van der Waals surface area contributed by atoms with E-state index in [0.717, 1.165) is 34.1 Å². The predicted molar refractivity (Wildman–Crippen MR) is 113 cm³/mol. The van der Waals surface area contributed by atoms with Crippen LogP contribution in [0.5, 0.6) is 0 Å². The maximum absolute atomic E-state index is 12.6. The molecular weight excluding hydrogens is 370 g/mol. The number of nitrogens with one attached hydrogen (secondary N) is 1. The molecule has 0 fully saturated rings. The smallest absolute Gasteiger partial charge is 0.246 e. The van der Waals surface area contributed by atoms with Gasteiger partial charge in [-0.3, -0.25) is 9.59 Å². The summed E-state index contributed by atoms with van der Waals surface area (Å²) in [5.41, 5.74) is 5.33. The van der Waals surface area contributed by atoms with Crippen LogP contribution in [0.2, 0.25) is 0 Å². The molecule has 1 amide bonds. The minimum absolute atomic E-state index is 0.125. The zero-order valence-electron chi connectivity index (χ0n) is 15.6. The quantitative estimate of drug-likeness (QED) is 0.497. The van der Waals surface area contributed by atoms with Crippen LogP contribution >= 0.6 is 11.3 Å². The van der Waals surface area contributed by atoms with E-state index in [-0.39, 0.29) is 12.5 Å². The first-order chi connectivity index (χ1) is 13.6. The maximum atomic E-state index is 12.6. The number of hydrogen-bond donors (Lipinski definition) is 1. The average molecular weight is 389 g/mol. The number of amides is 1. The Morgan fingerprint density at radius 1 is 1.14 bits per heavy atom. The lowest BCUT2D eigenvalue weighted by molar-refractivity contribution is -0.116. The number of aromatic nitrogens is 2. The van der Waals surface area contributed by atoms with Crippen molar-refractivity contribution in [3.05, 3.63) is 70.7 Å². The summed E-state index contributed by atoms with van der Waals surface area (Å²) in [6.45, 7) is 4.02. The minimum atomic E-state index is -0.175. The molecule has 0 aliphatic carbocycles. The van der Waals surface area contributed by atoms with Crippen molar-refractivity contribution >= 4 is 39.6 Å². The molecule has 0 saturated heterocycles. The van der Waals surface area contributed by atoms with Gasteiger partial charge < -0.3 is 9.88 Å². The van der Waals surface area contributed by atoms with Crippen LogP contribution in [0.1, 0.15) is 21.6 Å². The van der Waals surface area contributed by atoms with E-state index in [1.807, 2.05) is 72.3 Å². The molecule has 2 aromatic carbocycles. The molecule has 0 bridgehead atoms. The molecule has 0 aliphatic rings. The third-order valence-electron chi connectivity index (χ3n) is 4.80. The summed E-state index contributed by atoms with van der Waals surface area (Å²) in [6.07, 6.45) is 0.848. The molecule has 0 saturated carbocycles. The van der Waals surface area contributed by atoms with Gasteiger partial charge in [0.05, 0.1) is 5.69 Å². The van der Waals surface area contributed by atoms with Crippen LogP contribution in [-0.4, -0.2) is 21.7 Å². The molecule has 0 unspecified atom stereocenters. The van der Waals surface area contributed by atoms with E-state index >= 15 is 0 Å². The second kappa shape index (κ2) is 7.40. The third-order valence-corrected chi connectivity index (χ3v) is 5.55. The fourth-order valence-corrected chi connectivity index (χ4v) is 4.04. The molecule has 0 aliphatic heterocycles. The summed E-state index contributed by atoms with van der Waals surface area (Å²) < 4.78 is 1.86. The van der Waals surface area contributed by atoms with E-state index in [1.165, 1.54) is 16.9 Å². The molecule has 140 valence electrons. The van der Waals surface area contributed by atoms with Gasteiger partial charge in [-0.05, 0) is 19.9 Å². The number of hydrogen-bond acceptors (Lipinski definition) is 4. The number of aldehydes is 1. The first kappa shape index (κ1) is 18.1. The molecule has 2 heterocycles. The Bertz CT molecular complexity index is 1170. The number of para-hydroxylation sites is 1. The minimum Gasteiger partial charge on any atom is -0.335 e. The Balaban J connectivity index is 1.54. The topological polar surface area (TPSA) is 64.0 Å². The van der Waals surface area contributed by atoms with Gasteiger partial charge in [0.25, 0.3) is 0 Å². The van der Waals surface area contributed by atoms with Crippen LogP contribution < -0.4 is 5.32 Å². The number of carbonyl (C=O) groups excluding carboxylic acids is 2. The average Bonchev–Trinajstić information content (AvgIpc) is 3.25. The molecule has 2 aromatic heterocycles. The number of anilines is 1. The van der Waals surface area contributed by atoms with Crippen LogP contribution in [0.3, 0.4) is 0 Å². The van der Waals surface area contributed by atoms with Gasteiger partial charge in [-0.2, -0.15) is 0 Å². The van der Waals surface area contributed by atoms with Gasteiger partial charge in [-0.25, -0.2) is 4.98 Å². The van der Waals surface area contributed by atoms with Gasteiger partial charge in [0.1, 0.15) is 6.54 Å². The van der Waals surface area contributed by atoms with E-state index < -0.39 is 0 Å². The first-order valence-corrected chi connectivity index (χ1v) is 9.80. The molecule has 0 atom stereocenters. The monoisotopic (exact) mass is 389 g/mol. The van der Waals surface area contributed by atoms with Crippen molar-refractivity contribution in [2.75, 3.05) is 5.32 Å². The molecule has 1 N–H and O–H groups in total. The predicted octanol–water partition coefficient (Wildman–Crippen LogP) is 4.83. The third kappa shape index (κ3) is 3.34. The zero-order chi connectivity index (χ0) is 19.7. The summed E-state index contributed by atoms with van der Waals surface area (Å²) in [4.78, 5) is 28.6. The molecule has 4 rings (SSSR count). The summed E-state index contributed by atoms with van der Waals surface area (Å²) in [5.74, 6) is -0.175. The summed E-state index contributed by atoms with van der Waals surface area (Å²) >= 11 is 1.40. The summed E-state index contributed by atoms with van der Waals surface area (Å²) in [7, 11) is 0. The highest BCUT2D eigenvalue weighted by Gasteiger charge is 2.16. The Morgan fingerprint density at radius 2 is 1.89 bits per heavy atom. The van der Waals surface area contributed by atoms with Crippen molar-refractivity contribution in [3.8, 4) is 11.3 Å². The highest BCUT2D eigenvalue weighted by Crippen LogP contribution is 2.26. The number of rotatable bonds is 5. The second-order valence-corrected chi connectivity index (χ2v) is 7.53. The van der Waals surface area contributed by atoms with Gasteiger partial charge in [0, 0.05) is 33.1 Å². The number of nitrogens with zero attached hydrogens (tertiary/aromatic N) is 2. The summed E-state index contributed by atoms with van der Waals surface area (Å²) in [5, 5.41) is 6.22. The molecule has 5 nitrogen and oxygen atoms in total. The largest absolute Gasteiger partial charge is 0.335 e. The lowest BCUT2D eigenvalue weighted by Crippen LogP contribution is -2.19. The lowest BCUT2D eigenvalue weighted by atomic mass is 10.1. The standard InChI is InChI=1S/C22H19N3O2S/c1-14-7-9-16(10-8-14)19-13-28-22(23-19)24-21(27)11-25-15(2)18(12-26)17-5-3-4-6-20(17)25/h3-10,12-13H,11H2,1-2H3,(H,23,24,27). The van der Waals surface area contributed by atoms with Crippen molar-refractivity contribution in [1.82, 2.24) is 9.55 Å². The van der Waals surface area contributed by atoms with Gasteiger partial charge in [0.2, 0.25) is 5.91 Å². The SMILES string of the molecule is Cc1ccc(-c2csc(NC(=O)Cn3c(C)c(C=O)c4ccccc43)n2)cc1. The van der Waals surface area contributed by atoms with Gasteiger partial charge >= 0.3 is 0 Å². The fourth-order valence-electron chi connectivity index (χ4n) is 3.30. The van der Waals surface area contributed by atoms with Gasteiger partial charge in [0.15, 0.2) is 11.4 Å². The molecular formula is C22H19N3O2S. The van der Waals surface area contributed by atoms with Crippen LogP contribution in [-0.2, 0) is 11.3 Å². The summed E-state index contributed by atoms with van der Waals surface area (Å²) in [6, 6.07) is 15.7. The number of fused-ring (bicyclic) bond motifs is 1. The number of thiazole rings is 1.